The van der Waals surface area contributed by atoms with Gasteiger partial charge in [0.2, 0.25) is 0 Å². The predicted octanol–water partition coefficient (Wildman–Crippen LogP) is 2.60. The summed E-state index contributed by atoms with van der Waals surface area (Å²) in [5.41, 5.74) is 4.66. The van der Waals surface area contributed by atoms with E-state index in [0.717, 1.165) is 43.7 Å². The maximum Gasteiger partial charge on any atom is 0.147 e. The normalized spacial score (nSPS) is 18.2. The van der Waals surface area contributed by atoms with Gasteiger partial charge in [-0.3, -0.25) is 0 Å². The molecule has 0 fully saturated rings. The molecule has 0 amide bonds. The molecule has 3 rings (SSSR count). The molecule has 3 heteroatoms. The van der Waals surface area contributed by atoms with Crippen LogP contribution in [0.4, 0.5) is 5.82 Å². The zero-order chi connectivity index (χ0) is 12.5. The molecular formula is C15H17N3. The number of hydrogen-bond acceptors (Lipinski definition) is 3. The largest absolute Gasteiger partial charge is 0.351 e. The first kappa shape index (κ1) is 11.3. The molecule has 1 aromatic heterocycles. The minimum absolute atomic E-state index is 0.739. The number of nitriles is 1. The summed E-state index contributed by atoms with van der Waals surface area (Å²) < 4.78 is 0. The van der Waals surface area contributed by atoms with E-state index in [9.17, 15) is 5.26 Å². The Hall–Kier alpha value is -1.82. The molecule has 0 spiro atoms. The second-order valence-electron chi connectivity index (χ2n) is 5.18. The van der Waals surface area contributed by atoms with Gasteiger partial charge in [0.05, 0.1) is 5.56 Å². The topological polar surface area (TPSA) is 39.9 Å². The van der Waals surface area contributed by atoms with Gasteiger partial charge in [-0.05, 0) is 44.2 Å². The average molecular weight is 239 g/mol. The Morgan fingerprint density at radius 2 is 2.22 bits per heavy atom. The second kappa shape index (κ2) is 4.45. The molecule has 2 heterocycles. The third kappa shape index (κ3) is 1.88. The highest BCUT2D eigenvalue weighted by Gasteiger charge is 2.20. The highest BCUT2D eigenvalue weighted by Crippen LogP contribution is 2.28. The Morgan fingerprint density at radius 1 is 1.33 bits per heavy atom. The van der Waals surface area contributed by atoms with Crippen LogP contribution in [0, 0.1) is 11.3 Å². The molecule has 3 nitrogen and oxygen atoms in total. The zero-order valence-electron chi connectivity index (χ0n) is 10.7. The highest BCUT2D eigenvalue weighted by molar-refractivity contribution is 5.57. The highest BCUT2D eigenvalue weighted by atomic mass is 15.2. The molecule has 1 aliphatic heterocycles. The molecule has 1 aliphatic carbocycles. The lowest BCUT2D eigenvalue weighted by Crippen LogP contribution is -2.30. The van der Waals surface area contributed by atoms with Gasteiger partial charge in [0, 0.05) is 18.8 Å². The first-order valence-corrected chi connectivity index (χ1v) is 6.61. The quantitative estimate of drug-likeness (QED) is 0.707. The summed E-state index contributed by atoms with van der Waals surface area (Å²) in [5.74, 6) is 0.891. The maximum absolute atomic E-state index is 9.30. The average Bonchev–Trinajstić information content (AvgIpc) is 2.85. The van der Waals surface area contributed by atoms with E-state index in [0.29, 0.717) is 0 Å². The smallest absolute Gasteiger partial charge is 0.147 e. The monoisotopic (exact) mass is 239 g/mol. The molecule has 18 heavy (non-hydrogen) atoms. The molecule has 0 N–H and O–H groups in total. The maximum atomic E-state index is 9.30. The lowest BCUT2D eigenvalue weighted by molar-refractivity contribution is 0.770. The van der Waals surface area contributed by atoms with Gasteiger partial charge in [-0.25, -0.2) is 4.98 Å². The number of hydrogen-bond donors (Lipinski definition) is 0. The molecule has 0 unspecified atom stereocenters. The fourth-order valence-corrected chi connectivity index (χ4v) is 2.75. The third-order valence-corrected chi connectivity index (χ3v) is 3.89. The molecule has 0 saturated carbocycles. The van der Waals surface area contributed by atoms with Crippen LogP contribution in [-0.4, -0.2) is 18.1 Å². The molecule has 1 aromatic rings. The first-order chi connectivity index (χ1) is 8.78. The van der Waals surface area contributed by atoms with Gasteiger partial charge in [-0.2, -0.15) is 5.26 Å². The molecule has 0 saturated heterocycles. The Morgan fingerprint density at radius 3 is 2.94 bits per heavy atom. The Bertz CT molecular complexity index is 552. The van der Waals surface area contributed by atoms with E-state index < -0.39 is 0 Å². The van der Waals surface area contributed by atoms with Crippen LogP contribution in [0.2, 0.25) is 0 Å². The van der Waals surface area contributed by atoms with Gasteiger partial charge in [-0.15, -0.1) is 0 Å². The standard InChI is InChI=1S/C15H17N3/c1-11-5-7-18(8-6-11)15-13(10-16)9-12-3-2-4-14(12)17-15/h5,9H,2-4,6-8H2,1H3. The molecule has 0 bridgehead atoms. The fraction of sp³-hybridized carbons (Fsp3) is 0.467. The summed E-state index contributed by atoms with van der Waals surface area (Å²) in [6, 6.07) is 4.36. The van der Waals surface area contributed by atoms with Crippen LogP contribution in [0.15, 0.2) is 17.7 Å². The van der Waals surface area contributed by atoms with Crippen molar-refractivity contribution in [3.8, 4) is 6.07 Å². The predicted molar refractivity (Wildman–Crippen MR) is 71.6 cm³/mol. The number of rotatable bonds is 1. The van der Waals surface area contributed by atoms with Crippen molar-refractivity contribution in [3.05, 3.63) is 34.5 Å². The van der Waals surface area contributed by atoms with Crippen LogP contribution >= 0.6 is 0 Å². The summed E-state index contributed by atoms with van der Waals surface area (Å²) in [6.07, 6.45) is 6.63. The lowest BCUT2D eigenvalue weighted by Gasteiger charge is -2.27. The summed E-state index contributed by atoms with van der Waals surface area (Å²) >= 11 is 0. The molecule has 0 radical (unpaired) electrons. The van der Waals surface area contributed by atoms with E-state index in [2.05, 4.69) is 30.0 Å². The summed E-state index contributed by atoms with van der Waals surface area (Å²) in [7, 11) is 0. The van der Waals surface area contributed by atoms with E-state index in [-0.39, 0.29) is 0 Å². The molecule has 0 aromatic carbocycles. The van der Waals surface area contributed by atoms with Gasteiger partial charge >= 0.3 is 0 Å². The number of fused-ring (bicyclic) bond motifs is 1. The van der Waals surface area contributed by atoms with Gasteiger partial charge in [0.15, 0.2) is 0 Å². The van der Waals surface area contributed by atoms with Crippen molar-refractivity contribution < 1.29 is 0 Å². The fourth-order valence-electron chi connectivity index (χ4n) is 2.75. The number of nitrogens with zero attached hydrogens (tertiary/aromatic N) is 3. The van der Waals surface area contributed by atoms with E-state index in [1.165, 1.54) is 23.3 Å². The molecule has 0 atom stereocenters. The number of aromatic nitrogens is 1. The Kier molecular flexibility index (Phi) is 2.79. The van der Waals surface area contributed by atoms with Crippen LogP contribution in [0.1, 0.15) is 36.6 Å². The first-order valence-electron chi connectivity index (χ1n) is 6.61. The minimum Gasteiger partial charge on any atom is -0.351 e. The van der Waals surface area contributed by atoms with Crippen LogP contribution in [0.3, 0.4) is 0 Å². The van der Waals surface area contributed by atoms with Crippen molar-refractivity contribution in [1.29, 1.82) is 5.26 Å². The Balaban J connectivity index is 1.99. The van der Waals surface area contributed by atoms with Crippen molar-refractivity contribution in [2.45, 2.75) is 32.6 Å². The van der Waals surface area contributed by atoms with Crippen molar-refractivity contribution in [1.82, 2.24) is 4.98 Å². The van der Waals surface area contributed by atoms with E-state index in [1.807, 2.05) is 0 Å². The zero-order valence-corrected chi connectivity index (χ0v) is 10.7. The second-order valence-corrected chi connectivity index (χ2v) is 5.18. The SMILES string of the molecule is CC1=CCN(c2nc3c(cc2C#N)CCC3)CC1. The number of aryl methyl sites for hydroxylation is 2. The summed E-state index contributed by atoms with van der Waals surface area (Å²) in [4.78, 5) is 6.97. The van der Waals surface area contributed by atoms with Gasteiger partial charge in [0.25, 0.3) is 0 Å². The van der Waals surface area contributed by atoms with E-state index in [4.69, 9.17) is 4.98 Å². The van der Waals surface area contributed by atoms with Gasteiger partial charge in [0.1, 0.15) is 11.9 Å². The molecule has 92 valence electrons. The molecule has 2 aliphatic rings. The Labute approximate surface area is 108 Å². The van der Waals surface area contributed by atoms with Crippen molar-refractivity contribution >= 4 is 5.82 Å². The van der Waals surface area contributed by atoms with Crippen molar-refractivity contribution in [2.75, 3.05) is 18.0 Å². The lowest BCUT2D eigenvalue weighted by atomic mass is 10.1. The van der Waals surface area contributed by atoms with E-state index >= 15 is 0 Å². The summed E-state index contributed by atoms with van der Waals surface area (Å²) in [6.45, 7) is 4.02. The van der Waals surface area contributed by atoms with Crippen LogP contribution < -0.4 is 4.90 Å². The van der Waals surface area contributed by atoms with Crippen LogP contribution in [-0.2, 0) is 12.8 Å². The van der Waals surface area contributed by atoms with Crippen molar-refractivity contribution in [2.24, 2.45) is 0 Å². The van der Waals surface area contributed by atoms with Gasteiger partial charge < -0.3 is 4.90 Å². The minimum atomic E-state index is 0.739. The van der Waals surface area contributed by atoms with Gasteiger partial charge in [-0.1, -0.05) is 11.6 Å². The number of anilines is 1. The number of pyridine rings is 1. The van der Waals surface area contributed by atoms with E-state index in [1.54, 1.807) is 0 Å². The molecular weight excluding hydrogens is 222 g/mol. The third-order valence-electron chi connectivity index (χ3n) is 3.89. The van der Waals surface area contributed by atoms with Crippen LogP contribution in [0.25, 0.3) is 0 Å². The summed E-state index contributed by atoms with van der Waals surface area (Å²) in [5, 5.41) is 9.30. The van der Waals surface area contributed by atoms with Crippen LogP contribution in [0.5, 0.6) is 0 Å². The van der Waals surface area contributed by atoms with Crippen molar-refractivity contribution in [3.63, 3.8) is 0 Å².